The van der Waals surface area contributed by atoms with Gasteiger partial charge in [-0.3, -0.25) is 4.90 Å². The highest BCUT2D eigenvalue weighted by Crippen LogP contribution is 2.21. The van der Waals surface area contributed by atoms with E-state index in [1.807, 2.05) is 4.90 Å². The normalized spacial score (nSPS) is 30.3. The maximum Gasteiger partial charge on any atom is 0.317 e. The summed E-state index contributed by atoms with van der Waals surface area (Å²) < 4.78 is 0. The Morgan fingerprint density at radius 1 is 1.04 bits per heavy atom. The second-order valence-corrected chi connectivity index (χ2v) is 7.91. The predicted molar refractivity (Wildman–Crippen MR) is 93.6 cm³/mol. The minimum atomic E-state index is 0.161. The van der Waals surface area contributed by atoms with Crippen LogP contribution in [0.3, 0.4) is 0 Å². The zero-order valence-corrected chi connectivity index (χ0v) is 15.0. The molecular weight excluding hydrogens is 288 g/mol. The van der Waals surface area contributed by atoms with Crippen LogP contribution >= 0.6 is 0 Å². The average Bonchev–Trinajstić information content (AvgIpc) is 3.23. The number of rotatable bonds is 4. The first kappa shape index (κ1) is 17.0. The molecule has 2 unspecified atom stereocenters. The first-order chi connectivity index (χ1) is 11.1. The molecule has 3 saturated heterocycles. The largest absolute Gasteiger partial charge is 0.338 e. The third-order valence-electron chi connectivity index (χ3n) is 5.93. The molecule has 3 fully saturated rings. The van der Waals surface area contributed by atoms with Gasteiger partial charge in [0.1, 0.15) is 0 Å². The van der Waals surface area contributed by atoms with Crippen LogP contribution in [0.5, 0.6) is 0 Å². The fourth-order valence-corrected chi connectivity index (χ4v) is 4.41. The number of piperidine rings is 1. The van der Waals surface area contributed by atoms with Crippen molar-refractivity contribution < 1.29 is 4.79 Å². The summed E-state index contributed by atoms with van der Waals surface area (Å²) in [6.07, 6.45) is 6.32. The van der Waals surface area contributed by atoms with Crippen LogP contribution in [0.4, 0.5) is 4.79 Å². The highest BCUT2D eigenvalue weighted by atomic mass is 16.2. The van der Waals surface area contributed by atoms with Gasteiger partial charge in [-0.1, -0.05) is 0 Å². The summed E-state index contributed by atoms with van der Waals surface area (Å²) in [4.78, 5) is 19.6. The molecule has 0 aromatic rings. The summed E-state index contributed by atoms with van der Waals surface area (Å²) in [5.74, 6) is 0.618. The van der Waals surface area contributed by atoms with Gasteiger partial charge < -0.3 is 15.1 Å². The Morgan fingerprint density at radius 2 is 1.83 bits per heavy atom. The first-order valence-electron chi connectivity index (χ1n) is 9.64. The summed E-state index contributed by atoms with van der Waals surface area (Å²) in [6, 6.07) is 1.39. The van der Waals surface area contributed by atoms with Crippen molar-refractivity contribution in [2.75, 3.05) is 45.8 Å². The van der Waals surface area contributed by atoms with Gasteiger partial charge in [0.25, 0.3) is 0 Å². The molecule has 0 saturated carbocycles. The summed E-state index contributed by atoms with van der Waals surface area (Å²) in [5, 5.41) is 3.21. The summed E-state index contributed by atoms with van der Waals surface area (Å²) in [5.41, 5.74) is 0. The Bertz CT molecular complexity index is 394. The summed E-state index contributed by atoms with van der Waals surface area (Å²) in [6.45, 7) is 12.0. The van der Waals surface area contributed by atoms with Crippen molar-refractivity contribution in [1.82, 2.24) is 20.0 Å². The smallest absolute Gasteiger partial charge is 0.317 e. The number of nitrogens with one attached hydrogen (secondary N) is 1. The Hall–Kier alpha value is -0.810. The van der Waals surface area contributed by atoms with Crippen molar-refractivity contribution in [3.8, 4) is 0 Å². The van der Waals surface area contributed by atoms with Gasteiger partial charge in [0.05, 0.1) is 0 Å². The average molecular weight is 322 g/mol. The van der Waals surface area contributed by atoms with Gasteiger partial charge >= 0.3 is 6.03 Å². The van der Waals surface area contributed by atoms with E-state index in [-0.39, 0.29) is 6.03 Å². The van der Waals surface area contributed by atoms with E-state index in [0.717, 1.165) is 32.6 Å². The second kappa shape index (κ2) is 7.84. The molecule has 5 nitrogen and oxygen atoms in total. The van der Waals surface area contributed by atoms with Crippen molar-refractivity contribution in [3.63, 3.8) is 0 Å². The van der Waals surface area contributed by atoms with Crippen LogP contribution in [0.15, 0.2) is 0 Å². The number of amides is 2. The van der Waals surface area contributed by atoms with E-state index in [0.29, 0.717) is 18.0 Å². The molecule has 0 aromatic heterocycles. The highest BCUT2D eigenvalue weighted by molar-refractivity contribution is 5.74. The van der Waals surface area contributed by atoms with E-state index in [2.05, 4.69) is 29.0 Å². The van der Waals surface area contributed by atoms with Crippen molar-refractivity contribution in [2.45, 2.75) is 58.0 Å². The van der Waals surface area contributed by atoms with E-state index in [1.54, 1.807) is 0 Å². The summed E-state index contributed by atoms with van der Waals surface area (Å²) in [7, 11) is 0. The number of nitrogens with zero attached hydrogens (tertiary/aromatic N) is 3. The van der Waals surface area contributed by atoms with Crippen LogP contribution in [0.1, 0.15) is 46.0 Å². The third kappa shape index (κ3) is 4.38. The van der Waals surface area contributed by atoms with Crippen LogP contribution in [0, 0.1) is 5.92 Å². The highest BCUT2D eigenvalue weighted by Gasteiger charge is 2.32. The lowest BCUT2D eigenvalue weighted by molar-refractivity contribution is 0.137. The summed E-state index contributed by atoms with van der Waals surface area (Å²) >= 11 is 0. The SMILES string of the molecule is CC(C)N1CCCC(CNC(=O)N2CCC(N3CCCC3)C2)C1. The molecular formula is C18H34N4O. The molecule has 0 radical (unpaired) electrons. The number of carbonyl (C=O) groups is 1. The maximum absolute atomic E-state index is 12.4. The van der Waals surface area contributed by atoms with Crippen LogP contribution in [-0.2, 0) is 0 Å². The third-order valence-corrected chi connectivity index (χ3v) is 5.93. The van der Waals surface area contributed by atoms with Crippen LogP contribution in [0.25, 0.3) is 0 Å². The molecule has 3 aliphatic heterocycles. The zero-order valence-electron chi connectivity index (χ0n) is 15.0. The van der Waals surface area contributed by atoms with E-state index in [1.165, 1.54) is 45.3 Å². The molecule has 1 N–H and O–H groups in total. The predicted octanol–water partition coefficient (Wildman–Crippen LogP) is 1.99. The second-order valence-electron chi connectivity index (χ2n) is 7.91. The fourth-order valence-electron chi connectivity index (χ4n) is 4.41. The van der Waals surface area contributed by atoms with Crippen LogP contribution in [-0.4, -0.2) is 78.6 Å². The quantitative estimate of drug-likeness (QED) is 0.860. The van der Waals surface area contributed by atoms with Gasteiger partial charge in [0, 0.05) is 38.3 Å². The molecule has 2 amide bonds. The molecule has 3 heterocycles. The van der Waals surface area contributed by atoms with E-state index < -0.39 is 0 Å². The Labute approximate surface area is 141 Å². The van der Waals surface area contributed by atoms with Crippen molar-refractivity contribution in [1.29, 1.82) is 0 Å². The van der Waals surface area contributed by atoms with E-state index in [9.17, 15) is 4.79 Å². The molecule has 0 aromatic carbocycles. The van der Waals surface area contributed by atoms with E-state index in [4.69, 9.17) is 0 Å². The molecule has 3 rings (SSSR count). The van der Waals surface area contributed by atoms with Gasteiger partial charge in [-0.05, 0) is 71.5 Å². The number of likely N-dealkylation sites (tertiary alicyclic amines) is 3. The Kier molecular flexibility index (Phi) is 5.81. The monoisotopic (exact) mass is 322 g/mol. The minimum Gasteiger partial charge on any atom is -0.338 e. The molecule has 132 valence electrons. The molecule has 3 aliphatic rings. The molecule has 2 atom stereocenters. The zero-order chi connectivity index (χ0) is 16.2. The van der Waals surface area contributed by atoms with Crippen molar-refractivity contribution in [3.05, 3.63) is 0 Å². The van der Waals surface area contributed by atoms with Gasteiger partial charge in [-0.2, -0.15) is 0 Å². The number of urea groups is 1. The standard InChI is InChI=1S/C18H34N4O/c1-15(2)21-10-5-6-16(13-21)12-19-18(23)22-11-7-17(14-22)20-8-3-4-9-20/h15-17H,3-14H2,1-2H3,(H,19,23). The first-order valence-corrected chi connectivity index (χ1v) is 9.64. The van der Waals surface area contributed by atoms with Crippen LogP contribution in [0.2, 0.25) is 0 Å². The molecule has 23 heavy (non-hydrogen) atoms. The number of hydrogen-bond acceptors (Lipinski definition) is 3. The van der Waals surface area contributed by atoms with Crippen molar-refractivity contribution in [2.24, 2.45) is 5.92 Å². The van der Waals surface area contributed by atoms with Gasteiger partial charge in [-0.15, -0.1) is 0 Å². The Balaban J connectivity index is 1.39. The lowest BCUT2D eigenvalue weighted by Gasteiger charge is -2.35. The molecule has 0 spiro atoms. The van der Waals surface area contributed by atoms with Gasteiger partial charge in [-0.25, -0.2) is 4.79 Å². The molecule has 5 heteroatoms. The molecule has 0 aliphatic carbocycles. The topological polar surface area (TPSA) is 38.8 Å². The Morgan fingerprint density at radius 3 is 2.57 bits per heavy atom. The molecule has 0 bridgehead atoms. The van der Waals surface area contributed by atoms with Gasteiger partial charge in [0.15, 0.2) is 0 Å². The van der Waals surface area contributed by atoms with E-state index >= 15 is 0 Å². The maximum atomic E-state index is 12.4. The number of carbonyl (C=O) groups excluding carboxylic acids is 1. The van der Waals surface area contributed by atoms with Crippen LogP contribution < -0.4 is 5.32 Å². The lowest BCUT2D eigenvalue weighted by atomic mass is 9.97. The van der Waals surface area contributed by atoms with Crippen molar-refractivity contribution >= 4 is 6.03 Å². The number of hydrogen-bond donors (Lipinski definition) is 1. The lowest BCUT2D eigenvalue weighted by Crippen LogP contribution is -2.46. The van der Waals surface area contributed by atoms with Gasteiger partial charge in [0.2, 0.25) is 0 Å². The fraction of sp³-hybridized carbons (Fsp3) is 0.944. The minimum absolute atomic E-state index is 0.161.